The molecule has 0 aromatic carbocycles. The molecule has 1 saturated carbocycles. The Kier molecular flexibility index (Phi) is 2.78. The summed E-state index contributed by atoms with van der Waals surface area (Å²) in [5, 5.41) is 7.97. The van der Waals surface area contributed by atoms with Gasteiger partial charge in [0.15, 0.2) is 0 Å². The quantitative estimate of drug-likeness (QED) is 0.830. The topological polar surface area (TPSA) is 42.7 Å². The van der Waals surface area contributed by atoms with Crippen molar-refractivity contribution in [3.63, 3.8) is 0 Å². The van der Waals surface area contributed by atoms with Crippen LogP contribution < -0.4 is 5.32 Å². The first-order valence-corrected chi connectivity index (χ1v) is 6.03. The van der Waals surface area contributed by atoms with E-state index in [0.29, 0.717) is 17.5 Å². The predicted octanol–water partition coefficient (Wildman–Crippen LogP) is 1.84. The second kappa shape index (κ2) is 3.84. The van der Waals surface area contributed by atoms with E-state index in [1.165, 1.54) is 12.8 Å². The van der Waals surface area contributed by atoms with Crippen LogP contribution in [0.25, 0.3) is 0 Å². The summed E-state index contributed by atoms with van der Waals surface area (Å²) in [7, 11) is 2.05. The lowest BCUT2D eigenvalue weighted by atomic mass is 9.86. The van der Waals surface area contributed by atoms with Crippen molar-refractivity contribution in [2.75, 3.05) is 7.05 Å². The lowest BCUT2D eigenvalue weighted by molar-refractivity contribution is 0.251. The number of aryl methyl sites for hydroxylation is 2. The smallest absolute Gasteiger partial charge is 0.147 e. The first kappa shape index (κ1) is 11.6. The number of hydrogen-bond acceptors (Lipinski definition) is 3. The summed E-state index contributed by atoms with van der Waals surface area (Å²) >= 11 is 0. The molecule has 0 saturated heterocycles. The maximum atomic E-state index is 4.52. The zero-order chi connectivity index (χ0) is 11.9. The van der Waals surface area contributed by atoms with Gasteiger partial charge < -0.3 is 5.32 Å². The first-order chi connectivity index (χ1) is 7.45. The van der Waals surface area contributed by atoms with Crippen LogP contribution in [-0.2, 0) is 0 Å². The molecule has 1 aliphatic rings. The average Bonchev–Trinajstić information content (AvgIpc) is 2.65. The molecule has 0 bridgehead atoms. The molecule has 1 heterocycles. The summed E-state index contributed by atoms with van der Waals surface area (Å²) < 4.78 is 2.10. The van der Waals surface area contributed by atoms with Crippen molar-refractivity contribution in [1.29, 1.82) is 0 Å². The number of nitrogens with zero attached hydrogens (tertiary/aromatic N) is 3. The minimum absolute atomic E-state index is 0.339. The molecule has 1 aromatic rings. The van der Waals surface area contributed by atoms with E-state index in [-0.39, 0.29) is 0 Å². The van der Waals surface area contributed by atoms with Crippen LogP contribution in [-0.4, -0.2) is 27.9 Å². The van der Waals surface area contributed by atoms with Crippen LogP contribution in [0.1, 0.15) is 44.4 Å². The van der Waals surface area contributed by atoms with Gasteiger partial charge in [-0.05, 0) is 39.2 Å². The lowest BCUT2D eigenvalue weighted by Crippen LogP contribution is -2.41. The van der Waals surface area contributed by atoms with Gasteiger partial charge in [-0.3, -0.25) is 0 Å². The second-order valence-corrected chi connectivity index (χ2v) is 5.51. The molecule has 4 nitrogen and oxygen atoms in total. The van der Waals surface area contributed by atoms with Crippen LogP contribution in [0, 0.1) is 19.3 Å². The van der Waals surface area contributed by atoms with Gasteiger partial charge in [-0.2, -0.15) is 5.10 Å². The van der Waals surface area contributed by atoms with E-state index < -0.39 is 0 Å². The molecule has 1 fully saturated rings. The van der Waals surface area contributed by atoms with Crippen molar-refractivity contribution in [3.8, 4) is 0 Å². The van der Waals surface area contributed by atoms with Gasteiger partial charge in [0.2, 0.25) is 0 Å². The highest BCUT2D eigenvalue weighted by Crippen LogP contribution is 2.43. The van der Waals surface area contributed by atoms with Crippen molar-refractivity contribution in [2.24, 2.45) is 5.41 Å². The maximum absolute atomic E-state index is 4.52. The maximum Gasteiger partial charge on any atom is 0.147 e. The van der Waals surface area contributed by atoms with Crippen LogP contribution in [0.4, 0.5) is 0 Å². The SMILES string of the molecule is CNC1C(n2nc(C)nc2C)CCC1(C)C. The van der Waals surface area contributed by atoms with Gasteiger partial charge in [-0.15, -0.1) is 0 Å². The molecule has 0 spiro atoms. The summed E-state index contributed by atoms with van der Waals surface area (Å²) in [6, 6.07) is 0.925. The van der Waals surface area contributed by atoms with Gasteiger partial charge in [0, 0.05) is 6.04 Å². The van der Waals surface area contributed by atoms with Crippen LogP contribution in [0.15, 0.2) is 0 Å². The molecular weight excluding hydrogens is 200 g/mol. The van der Waals surface area contributed by atoms with Gasteiger partial charge in [-0.25, -0.2) is 9.67 Å². The molecule has 1 aromatic heterocycles. The minimum Gasteiger partial charge on any atom is -0.314 e. The predicted molar refractivity (Wildman–Crippen MR) is 64.4 cm³/mol. The number of rotatable bonds is 2. The molecule has 1 N–H and O–H groups in total. The highest BCUT2D eigenvalue weighted by molar-refractivity contribution is 5.01. The van der Waals surface area contributed by atoms with Crippen LogP contribution in [0.2, 0.25) is 0 Å². The molecule has 2 atom stereocenters. The van der Waals surface area contributed by atoms with Crippen molar-refractivity contribution in [2.45, 2.75) is 52.6 Å². The summed E-state index contributed by atoms with van der Waals surface area (Å²) in [5.41, 5.74) is 0.339. The van der Waals surface area contributed by atoms with Crippen molar-refractivity contribution in [3.05, 3.63) is 11.6 Å². The number of likely N-dealkylation sites (N-methyl/N-ethyl adjacent to an activating group) is 1. The zero-order valence-corrected chi connectivity index (χ0v) is 10.9. The van der Waals surface area contributed by atoms with Crippen LogP contribution in [0.3, 0.4) is 0 Å². The van der Waals surface area contributed by atoms with E-state index in [0.717, 1.165) is 11.6 Å². The van der Waals surface area contributed by atoms with Gasteiger partial charge in [0.1, 0.15) is 11.6 Å². The molecule has 0 aliphatic heterocycles. The Morgan fingerprint density at radius 2 is 2.06 bits per heavy atom. The summed E-state index contributed by atoms with van der Waals surface area (Å²) in [5.74, 6) is 1.90. The molecule has 4 heteroatoms. The summed E-state index contributed by atoms with van der Waals surface area (Å²) in [6.07, 6.45) is 2.42. The lowest BCUT2D eigenvalue weighted by Gasteiger charge is -2.30. The highest BCUT2D eigenvalue weighted by atomic mass is 15.4. The monoisotopic (exact) mass is 222 g/mol. The molecule has 90 valence electrons. The molecule has 0 amide bonds. The van der Waals surface area contributed by atoms with Gasteiger partial charge in [0.05, 0.1) is 6.04 Å². The normalized spacial score (nSPS) is 28.6. The molecule has 16 heavy (non-hydrogen) atoms. The Balaban J connectivity index is 2.32. The van der Waals surface area contributed by atoms with Crippen molar-refractivity contribution >= 4 is 0 Å². The molecule has 1 aliphatic carbocycles. The molecule has 0 radical (unpaired) electrons. The third-order valence-corrected chi connectivity index (χ3v) is 3.84. The third kappa shape index (κ3) is 1.75. The Hall–Kier alpha value is -0.900. The van der Waals surface area contributed by atoms with Crippen molar-refractivity contribution in [1.82, 2.24) is 20.1 Å². The summed E-state index contributed by atoms with van der Waals surface area (Å²) in [4.78, 5) is 4.40. The van der Waals surface area contributed by atoms with Crippen LogP contribution in [0.5, 0.6) is 0 Å². The Morgan fingerprint density at radius 1 is 1.38 bits per heavy atom. The average molecular weight is 222 g/mol. The van der Waals surface area contributed by atoms with E-state index in [4.69, 9.17) is 0 Å². The number of aromatic nitrogens is 3. The van der Waals surface area contributed by atoms with Gasteiger partial charge in [0.25, 0.3) is 0 Å². The van der Waals surface area contributed by atoms with Crippen LogP contribution >= 0.6 is 0 Å². The Morgan fingerprint density at radius 3 is 2.56 bits per heavy atom. The zero-order valence-electron chi connectivity index (χ0n) is 10.9. The first-order valence-electron chi connectivity index (χ1n) is 6.03. The molecule has 2 rings (SSSR count). The fourth-order valence-electron chi connectivity index (χ4n) is 3.06. The highest BCUT2D eigenvalue weighted by Gasteiger charge is 2.42. The third-order valence-electron chi connectivity index (χ3n) is 3.84. The largest absolute Gasteiger partial charge is 0.314 e. The Bertz CT molecular complexity index is 380. The molecule has 2 unspecified atom stereocenters. The van der Waals surface area contributed by atoms with Crippen molar-refractivity contribution < 1.29 is 0 Å². The minimum atomic E-state index is 0.339. The number of nitrogens with one attached hydrogen (secondary N) is 1. The fourth-order valence-corrected chi connectivity index (χ4v) is 3.06. The van der Waals surface area contributed by atoms with E-state index >= 15 is 0 Å². The summed E-state index contributed by atoms with van der Waals surface area (Å²) in [6.45, 7) is 8.65. The van der Waals surface area contributed by atoms with E-state index in [1.807, 2.05) is 20.9 Å². The van der Waals surface area contributed by atoms with Gasteiger partial charge >= 0.3 is 0 Å². The Labute approximate surface area is 97.5 Å². The fraction of sp³-hybridized carbons (Fsp3) is 0.833. The standard InChI is InChI=1S/C12H22N4/c1-8-14-9(2)16(15-8)10-6-7-12(3,4)11(10)13-5/h10-11,13H,6-7H2,1-5H3. The second-order valence-electron chi connectivity index (χ2n) is 5.51. The number of hydrogen-bond donors (Lipinski definition) is 1. The van der Waals surface area contributed by atoms with Gasteiger partial charge in [-0.1, -0.05) is 13.8 Å². The van der Waals surface area contributed by atoms with E-state index in [9.17, 15) is 0 Å². The van der Waals surface area contributed by atoms with E-state index in [2.05, 4.69) is 33.9 Å². The van der Waals surface area contributed by atoms with E-state index in [1.54, 1.807) is 0 Å². The molecular formula is C12H22N4.